The van der Waals surface area contributed by atoms with Gasteiger partial charge >= 0.3 is 5.97 Å². The van der Waals surface area contributed by atoms with Crippen molar-refractivity contribution in [3.05, 3.63) is 51.0 Å². The van der Waals surface area contributed by atoms with Crippen LogP contribution >= 0.6 is 11.3 Å². The summed E-state index contributed by atoms with van der Waals surface area (Å²) >= 11 is 1.25. The van der Waals surface area contributed by atoms with Crippen LogP contribution in [0.4, 0.5) is 0 Å². The molecule has 132 valence electrons. The highest BCUT2D eigenvalue weighted by atomic mass is 32.1. The third kappa shape index (κ3) is 3.88. The highest BCUT2D eigenvalue weighted by Crippen LogP contribution is 2.31. The van der Waals surface area contributed by atoms with Crippen LogP contribution in [0.5, 0.6) is 0 Å². The number of aromatic nitrogens is 1. The standard InChI is InChI=1S/C18H20N2O4S/c1-10-5-6-12(8-11(10)2)15(18(22)23)20-16(21)14-9-19-17(25-14)13-4-3-7-24-13/h5-6,8-9,13,15H,3-4,7H2,1-2H3,(H,20,21)(H,22,23). The number of rotatable bonds is 5. The van der Waals surface area contributed by atoms with Crippen LogP contribution in [0, 0.1) is 13.8 Å². The van der Waals surface area contributed by atoms with Crippen LogP contribution in [0.25, 0.3) is 0 Å². The van der Waals surface area contributed by atoms with Gasteiger partial charge in [0.05, 0.1) is 6.20 Å². The van der Waals surface area contributed by atoms with Gasteiger partial charge in [0.2, 0.25) is 0 Å². The van der Waals surface area contributed by atoms with Crippen LogP contribution in [0.3, 0.4) is 0 Å². The van der Waals surface area contributed by atoms with Gasteiger partial charge in [-0.1, -0.05) is 18.2 Å². The van der Waals surface area contributed by atoms with Crippen LogP contribution in [-0.2, 0) is 9.53 Å². The van der Waals surface area contributed by atoms with E-state index in [1.54, 1.807) is 12.1 Å². The molecule has 1 saturated heterocycles. The summed E-state index contributed by atoms with van der Waals surface area (Å²) in [5.74, 6) is -1.53. The van der Waals surface area contributed by atoms with Crippen molar-refractivity contribution >= 4 is 23.2 Å². The first-order valence-corrected chi connectivity index (χ1v) is 8.95. The minimum atomic E-state index is -1.10. The molecule has 2 aromatic rings. The maximum Gasteiger partial charge on any atom is 0.330 e. The first kappa shape index (κ1) is 17.6. The third-order valence-electron chi connectivity index (χ3n) is 4.34. The molecule has 1 aliphatic rings. The van der Waals surface area contributed by atoms with Crippen LogP contribution < -0.4 is 5.32 Å². The molecule has 1 fully saturated rings. The van der Waals surface area contributed by atoms with Gasteiger partial charge in [0.25, 0.3) is 5.91 Å². The minimum absolute atomic E-state index is 0.0541. The predicted octanol–water partition coefficient (Wildman–Crippen LogP) is 3.17. The highest BCUT2D eigenvalue weighted by molar-refractivity contribution is 7.13. The summed E-state index contributed by atoms with van der Waals surface area (Å²) in [6.45, 7) is 4.58. The SMILES string of the molecule is Cc1ccc(C(NC(=O)c2cnc(C3CCCO3)s2)C(=O)O)cc1C. The number of carboxylic acid groups (broad SMARTS) is 1. The number of nitrogens with one attached hydrogen (secondary N) is 1. The Balaban J connectivity index is 1.76. The number of nitrogens with zero attached hydrogens (tertiary/aromatic N) is 1. The molecule has 0 bridgehead atoms. The molecular weight excluding hydrogens is 340 g/mol. The van der Waals surface area contributed by atoms with E-state index in [2.05, 4.69) is 10.3 Å². The van der Waals surface area contributed by atoms with Gasteiger partial charge < -0.3 is 15.2 Å². The van der Waals surface area contributed by atoms with Crippen molar-refractivity contribution in [2.24, 2.45) is 0 Å². The number of aryl methyl sites for hydroxylation is 2. The zero-order valence-corrected chi connectivity index (χ0v) is 14.9. The summed E-state index contributed by atoms with van der Waals surface area (Å²) in [5.41, 5.74) is 2.60. The Morgan fingerprint density at radius 2 is 2.16 bits per heavy atom. The van der Waals surface area contributed by atoms with Crippen molar-refractivity contribution in [1.29, 1.82) is 0 Å². The van der Waals surface area contributed by atoms with Gasteiger partial charge in [0, 0.05) is 6.61 Å². The van der Waals surface area contributed by atoms with Gasteiger partial charge in [-0.2, -0.15) is 0 Å². The Morgan fingerprint density at radius 1 is 1.36 bits per heavy atom. The second kappa shape index (κ2) is 7.33. The van der Waals surface area contributed by atoms with E-state index in [4.69, 9.17) is 4.74 Å². The lowest BCUT2D eigenvalue weighted by Gasteiger charge is -2.15. The summed E-state index contributed by atoms with van der Waals surface area (Å²) in [6, 6.07) is 4.28. The van der Waals surface area contributed by atoms with Crippen molar-refractivity contribution in [1.82, 2.24) is 10.3 Å². The Bertz CT molecular complexity index is 796. The number of carbonyl (C=O) groups excluding carboxylic acids is 1. The molecule has 0 aliphatic carbocycles. The second-order valence-corrected chi connectivity index (χ2v) is 7.22. The minimum Gasteiger partial charge on any atom is -0.479 e. The maximum atomic E-state index is 12.5. The topological polar surface area (TPSA) is 88.5 Å². The van der Waals surface area contributed by atoms with Crippen LogP contribution in [-0.4, -0.2) is 28.6 Å². The number of ether oxygens (including phenoxy) is 1. The Hall–Kier alpha value is -2.25. The first-order valence-electron chi connectivity index (χ1n) is 8.14. The Labute approximate surface area is 149 Å². The van der Waals surface area contributed by atoms with Gasteiger partial charge in [0.1, 0.15) is 16.0 Å². The monoisotopic (exact) mass is 360 g/mol. The zero-order chi connectivity index (χ0) is 18.0. The fourth-order valence-corrected chi connectivity index (χ4v) is 3.65. The van der Waals surface area contributed by atoms with Crippen molar-refractivity contribution in [2.75, 3.05) is 6.61 Å². The molecule has 2 unspecified atom stereocenters. The molecule has 2 atom stereocenters. The van der Waals surface area contributed by atoms with E-state index in [1.807, 2.05) is 19.9 Å². The molecule has 0 radical (unpaired) electrons. The summed E-state index contributed by atoms with van der Waals surface area (Å²) in [4.78, 5) is 28.7. The highest BCUT2D eigenvalue weighted by Gasteiger charge is 2.26. The Morgan fingerprint density at radius 3 is 2.80 bits per heavy atom. The number of hydrogen-bond acceptors (Lipinski definition) is 5. The molecule has 1 amide bonds. The summed E-state index contributed by atoms with van der Waals surface area (Å²) in [7, 11) is 0. The summed E-state index contributed by atoms with van der Waals surface area (Å²) in [5, 5.41) is 12.9. The lowest BCUT2D eigenvalue weighted by Crippen LogP contribution is -2.33. The molecule has 1 aromatic heterocycles. The molecular formula is C18H20N2O4S. The zero-order valence-electron chi connectivity index (χ0n) is 14.1. The lowest BCUT2D eigenvalue weighted by atomic mass is 10.0. The average Bonchev–Trinajstić information content (AvgIpc) is 3.25. The quantitative estimate of drug-likeness (QED) is 0.855. The van der Waals surface area contributed by atoms with Crippen molar-refractivity contribution < 1.29 is 19.4 Å². The van der Waals surface area contributed by atoms with E-state index in [0.29, 0.717) is 17.0 Å². The summed E-state index contributed by atoms with van der Waals surface area (Å²) in [6.07, 6.45) is 3.31. The van der Waals surface area contributed by atoms with E-state index < -0.39 is 17.9 Å². The smallest absolute Gasteiger partial charge is 0.330 e. The second-order valence-electron chi connectivity index (χ2n) is 6.15. The normalized spacial score (nSPS) is 18.1. The van der Waals surface area contributed by atoms with Crippen LogP contribution in [0.15, 0.2) is 24.4 Å². The predicted molar refractivity (Wildman–Crippen MR) is 93.8 cm³/mol. The number of aliphatic carboxylic acids is 1. The van der Waals surface area contributed by atoms with E-state index in [-0.39, 0.29) is 6.10 Å². The third-order valence-corrected chi connectivity index (χ3v) is 5.43. The molecule has 25 heavy (non-hydrogen) atoms. The van der Waals surface area contributed by atoms with Gasteiger partial charge in [-0.25, -0.2) is 9.78 Å². The van der Waals surface area contributed by atoms with Crippen LogP contribution in [0.2, 0.25) is 0 Å². The molecule has 1 aliphatic heterocycles. The molecule has 3 rings (SSSR count). The number of hydrogen-bond donors (Lipinski definition) is 2. The maximum absolute atomic E-state index is 12.5. The average molecular weight is 360 g/mol. The molecule has 6 nitrogen and oxygen atoms in total. The largest absolute Gasteiger partial charge is 0.479 e. The number of carbonyl (C=O) groups is 2. The van der Waals surface area contributed by atoms with Crippen LogP contribution in [0.1, 0.15) is 56.4 Å². The summed E-state index contributed by atoms with van der Waals surface area (Å²) < 4.78 is 5.57. The van der Waals surface area contributed by atoms with Gasteiger partial charge in [0.15, 0.2) is 6.04 Å². The first-order chi connectivity index (χ1) is 12.0. The molecule has 1 aromatic carbocycles. The van der Waals surface area contributed by atoms with E-state index in [0.717, 1.165) is 29.0 Å². The van der Waals surface area contributed by atoms with E-state index in [9.17, 15) is 14.7 Å². The number of carboxylic acids is 1. The van der Waals surface area contributed by atoms with E-state index in [1.165, 1.54) is 17.5 Å². The molecule has 0 saturated carbocycles. The number of thiazole rings is 1. The molecule has 7 heteroatoms. The van der Waals surface area contributed by atoms with Crippen molar-refractivity contribution in [2.45, 2.75) is 38.8 Å². The fourth-order valence-electron chi connectivity index (χ4n) is 2.75. The Kier molecular flexibility index (Phi) is 5.15. The van der Waals surface area contributed by atoms with E-state index >= 15 is 0 Å². The van der Waals surface area contributed by atoms with Gasteiger partial charge in [-0.05, 0) is 43.4 Å². The molecule has 0 spiro atoms. The molecule has 2 heterocycles. The lowest BCUT2D eigenvalue weighted by molar-refractivity contribution is -0.139. The van der Waals surface area contributed by atoms with Gasteiger partial charge in [-0.3, -0.25) is 4.79 Å². The fraction of sp³-hybridized carbons (Fsp3) is 0.389. The van der Waals surface area contributed by atoms with Gasteiger partial charge in [-0.15, -0.1) is 11.3 Å². The number of amides is 1. The van der Waals surface area contributed by atoms with Crippen molar-refractivity contribution in [3.63, 3.8) is 0 Å². The van der Waals surface area contributed by atoms with Crippen molar-refractivity contribution in [3.8, 4) is 0 Å². The number of benzene rings is 1. The molecule has 2 N–H and O–H groups in total.